The lowest BCUT2D eigenvalue weighted by Gasteiger charge is -2.56. The molecule has 1 aromatic carbocycles. The molecule has 9 nitrogen and oxygen atoms in total. The van der Waals surface area contributed by atoms with E-state index < -0.39 is 26.6 Å². The van der Waals surface area contributed by atoms with Crippen LogP contribution in [0.25, 0.3) is 10.9 Å². The van der Waals surface area contributed by atoms with E-state index in [2.05, 4.69) is 38.3 Å². The van der Waals surface area contributed by atoms with Crippen molar-refractivity contribution < 1.29 is 22.7 Å². The lowest BCUT2D eigenvalue weighted by molar-refractivity contribution is -0.160. The molecule has 10 heteroatoms. The van der Waals surface area contributed by atoms with Crippen LogP contribution in [-0.2, 0) is 26.1 Å². The van der Waals surface area contributed by atoms with E-state index in [0.717, 1.165) is 61.9 Å². The molecule has 0 radical (unpaired) electrons. The van der Waals surface area contributed by atoms with Gasteiger partial charge in [0.2, 0.25) is 15.9 Å². The van der Waals surface area contributed by atoms with Gasteiger partial charge in [-0.3, -0.25) is 9.59 Å². The highest BCUT2D eigenvalue weighted by Crippen LogP contribution is 2.66. The number of ether oxygens (including phenoxy) is 1. The first-order valence-corrected chi connectivity index (χ1v) is 18.8. The van der Waals surface area contributed by atoms with Crippen LogP contribution in [0.15, 0.2) is 41.7 Å². The minimum Gasteiger partial charge on any atom is -0.497 e. The van der Waals surface area contributed by atoms with Crippen molar-refractivity contribution in [2.75, 3.05) is 27.2 Å². The molecule has 2 amide bonds. The van der Waals surface area contributed by atoms with Crippen LogP contribution in [-0.4, -0.2) is 79.2 Å². The molecule has 0 spiro atoms. The van der Waals surface area contributed by atoms with Gasteiger partial charge in [-0.25, -0.2) is 13.1 Å². The van der Waals surface area contributed by atoms with Gasteiger partial charge in [0.05, 0.1) is 17.8 Å². The maximum Gasteiger partial charge on any atom is 0.264 e. The molecule has 2 aromatic rings. The molecule has 246 valence electrons. The highest BCUT2D eigenvalue weighted by atomic mass is 32.2. The third kappa shape index (κ3) is 4.53. The highest BCUT2D eigenvalue weighted by Gasteiger charge is 2.67. The summed E-state index contributed by atoms with van der Waals surface area (Å²) in [6.45, 7) is 5.55. The number of methoxy groups -OCH3 is 1. The minimum atomic E-state index is -3.78. The fourth-order valence-electron chi connectivity index (χ4n) is 9.57. The summed E-state index contributed by atoms with van der Waals surface area (Å²) in [6, 6.07) is 6.25. The summed E-state index contributed by atoms with van der Waals surface area (Å²) in [5.74, 6) is 1.24. The van der Waals surface area contributed by atoms with Crippen LogP contribution in [0.2, 0.25) is 0 Å². The standard InChI is InChI=1S/C36H46N4O5S/c1-21(2)46(43,44)37-34(41)23-10-12-28-31(14-23)39-20-36(35(42)40-24-15-25(40)19-38(3)18-24)17-30(36)29-16-26(45-4)11-13-27(29)33(39)32(28)22-8-6-5-7-9-22/h10-12,14,16,21-22,24-25,27,30H,5-9,13,15,17-20H2,1-4H3,(H,37,41). The number of likely N-dealkylation sites (N-methyl/N-ethyl adjacent to an activating group) is 1. The zero-order valence-corrected chi connectivity index (χ0v) is 28.2. The summed E-state index contributed by atoms with van der Waals surface area (Å²) in [5, 5.41) is 0.415. The van der Waals surface area contributed by atoms with Gasteiger partial charge in [-0.1, -0.05) is 30.9 Å². The lowest BCUT2D eigenvalue weighted by Crippen LogP contribution is -2.70. The Morgan fingerprint density at radius 3 is 2.52 bits per heavy atom. The molecule has 2 bridgehead atoms. The number of carbonyl (C=O) groups is 2. The summed E-state index contributed by atoms with van der Waals surface area (Å²) >= 11 is 0. The van der Waals surface area contributed by atoms with Crippen LogP contribution in [0.3, 0.4) is 0 Å². The van der Waals surface area contributed by atoms with Crippen molar-refractivity contribution in [3.63, 3.8) is 0 Å². The highest BCUT2D eigenvalue weighted by molar-refractivity contribution is 7.90. The fraction of sp³-hybridized carbons (Fsp3) is 0.611. The van der Waals surface area contributed by atoms with Crippen molar-refractivity contribution in [1.29, 1.82) is 0 Å². The van der Waals surface area contributed by atoms with Crippen molar-refractivity contribution >= 4 is 32.7 Å². The van der Waals surface area contributed by atoms with Crippen molar-refractivity contribution in [3.05, 3.63) is 58.5 Å². The number of hydrogen-bond donors (Lipinski definition) is 1. The molecular weight excluding hydrogens is 600 g/mol. The monoisotopic (exact) mass is 646 g/mol. The van der Waals surface area contributed by atoms with Gasteiger partial charge in [-0.15, -0.1) is 0 Å². The number of piperazine rings is 1. The molecule has 1 aromatic heterocycles. The van der Waals surface area contributed by atoms with Gasteiger partial charge in [-0.2, -0.15) is 0 Å². The number of fused-ring (bicyclic) bond motifs is 9. The number of aromatic nitrogens is 1. The molecule has 1 N–H and O–H groups in total. The largest absolute Gasteiger partial charge is 0.497 e. The first kappa shape index (κ1) is 30.2. The Bertz CT molecular complexity index is 1790. The van der Waals surface area contributed by atoms with E-state index in [1.165, 1.54) is 36.1 Å². The molecule has 8 rings (SSSR count). The summed E-state index contributed by atoms with van der Waals surface area (Å²) < 4.78 is 35.7. The number of carbonyl (C=O) groups excluding carboxylic acids is 2. The number of nitrogens with zero attached hydrogens (tertiary/aromatic N) is 3. The predicted octanol–water partition coefficient (Wildman–Crippen LogP) is 5.04. The maximum absolute atomic E-state index is 14.8. The summed E-state index contributed by atoms with van der Waals surface area (Å²) in [7, 11) is 0.0827. The Morgan fingerprint density at radius 2 is 1.83 bits per heavy atom. The fourth-order valence-corrected chi connectivity index (χ4v) is 10.2. The van der Waals surface area contributed by atoms with Crippen LogP contribution >= 0.6 is 0 Å². The summed E-state index contributed by atoms with van der Waals surface area (Å²) in [6.07, 6.45) is 13.0. The van der Waals surface area contributed by atoms with Crippen LogP contribution in [0.5, 0.6) is 0 Å². The summed E-state index contributed by atoms with van der Waals surface area (Å²) in [5.41, 5.74) is 4.70. The zero-order valence-electron chi connectivity index (χ0n) is 27.4. The second kappa shape index (κ2) is 10.7. The van der Waals surface area contributed by atoms with Gasteiger partial charge in [0.25, 0.3) is 5.91 Å². The van der Waals surface area contributed by atoms with Crippen molar-refractivity contribution in [1.82, 2.24) is 19.1 Å². The number of allylic oxidation sites excluding steroid dienone is 3. The van der Waals surface area contributed by atoms with E-state index in [1.807, 2.05) is 12.1 Å². The van der Waals surface area contributed by atoms with Gasteiger partial charge < -0.3 is 19.1 Å². The molecule has 6 aliphatic rings. The molecule has 5 unspecified atom stereocenters. The van der Waals surface area contributed by atoms with E-state index in [-0.39, 0.29) is 29.8 Å². The predicted molar refractivity (Wildman–Crippen MR) is 177 cm³/mol. The number of rotatable bonds is 6. The number of likely N-dealkylation sites (tertiary alicyclic amines) is 2. The Labute approximate surface area is 272 Å². The molecule has 5 atom stereocenters. The van der Waals surface area contributed by atoms with Gasteiger partial charge in [0.15, 0.2) is 0 Å². The molecule has 4 heterocycles. The number of benzene rings is 1. The maximum atomic E-state index is 14.8. The third-order valence-electron chi connectivity index (χ3n) is 12.1. The van der Waals surface area contributed by atoms with E-state index in [1.54, 1.807) is 27.0 Å². The van der Waals surface area contributed by atoms with Gasteiger partial charge in [0, 0.05) is 59.8 Å². The smallest absolute Gasteiger partial charge is 0.264 e. The van der Waals surface area contributed by atoms with Gasteiger partial charge in [0.1, 0.15) is 5.76 Å². The van der Waals surface area contributed by atoms with Crippen LogP contribution in [0, 0.1) is 11.3 Å². The van der Waals surface area contributed by atoms with Crippen LogP contribution in [0.1, 0.15) is 98.7 Å². The van der Waals surface area contributed by atoms with E-state index in [9.17, 15) is 18.0 Å². The van der Waals surface area contributed by atoms with Crippen molar-refractivity contribution in [2.45, 2.75) is 101 Å². The third-order valence-corrected chi connectivity index (χ3v) is 13.8. The van der Waals surface area contributed by atoms with Gasteiger partial charge >= 0.3 is 0 Å². The molecule has 4 fully saturated rings. The second-order valence-electron chi connectivity index (χ2n) is 15.1. The number of piperidine rings is 1. The summed E-state index contributed by atoms with van der Waals surface area (Å²) in [4.78, 5) is 32.7. The first-order chi connectivity index (χ1) is 22.0. The average molecular weight is 647 g/mol. The van der Waals surface area contributed by atoms with Crippen molar-refractivity contribution in [3.8, 4) is 0 Å². The van der Waals surface area contributed by atoms with Crippen molar-refractivity contribution in [2.24, 2.45) is 11.3 Å². The Kier molecular flexibility index (Phi) is 7.04. The second-order valence-corrected chi connectivity index (χ2v) is 17.3. The molecule has 2 saturated carbocycles. The van der Waals surface area contributed by atoms with E-state index >= 15 is 0 Å². The Morgan fingerprint density at radius 1 is 1.09 bits per heavy atom. The topological polar surface area (TPSA) is 101 Å². The number of hydrogen-bond acceptors (Lipinski definition) is 6. The minimum absolute atomic E-state index is 0.131. The number of amides is 2. The number of nitrogens with one attached hydrogen (secondary N) is 1. The molecule has 46 heavy (non-hydrogen) atoms. The SMILES string of the molecule is COC1=CCC2C(=C1)C1CC1(C(=O)N1C3CC1CN(C)C3)Cn1c2c(C2CCCCC2)c2ccc(C(=O)NS(=O)(=O)C(C)C)cc21. The molecular formula is C36H46N4O5S. The average Bonchev–Trinajstić information content (AvgIpc) is 3.71. The van der Waals surface area contributed by atoms with E-state index in [0.29, 0.717) is 18.0 Å². The van der Waals surface area contributed by atoms with Gasteiger partial charge in [-0.05, 0) is 94.7 Å². The zero-order chi connectivity index (χ0) is 32.1. The number of sulfonamides is 1. The van der Waals surface area contributed by atoms with Crippen LogP contribution in [0.4, 0.5) is 0 Å². The molecule has 3 aliphatic carbocycles. The van der Waals surface area contributed by atoms with Crippen LogP contribution < -0.4 is 4.72 Å². The normalized spacial score (nSPS) is 30.8. The Hall–Kier alpha value is -3.11. The van der Waals surface area contributed by atoms with E-state index in [4.69, 9.17) is 4.74 Å². The molecule has 3 aliphatic heterocycles. The first-order valence-electron chi connectivity index (χ1n) is 17.2. The Balaban J connectivity index is 1.29. The lowest BCUT2D eigenvalue weighted by atomic mass is 9.77. The quantitative estimate of drug-likeness (QED) is 0.473. The molecule has 2 saturated heterocycles.